The largest absolute Gasteiger partial charge is 0.355 e. The van der Waals surface area contributed by atoms with Gasteiger partial charge in [0.15, 0.2) is 0 Å². The molecule has 6 nitrogen and oxygen atoms in total. The van der Waals surface area contributed by atoms with Crippen LogP contribution in [0.1, 0.15) is 29.9 Å². The Kier molecular flexibility index (Phi) is 5.26. The quantitative estimate of drug-likeness (QED) is 0.674. The Balaban J connectivity index is 2.67. The number of rotatable bonds is 5. The van der Waals surface area contributed by atoms with E-state index in [1.165, 1.54) is 6.20 Å². The summed E-state index contributed by atoms with van der Waals surface area (Å²) < 4.78 is 0. The van der Waals surface area contributed by atoms with Crippen LogP contribution in [0.5, 0.6) is 0 Å². The van der Waals surface area contributed by atoms with Crippen LogP contribution >= 0.6 is 0 Å². The molecule has 0 fully saturated rings. The van der Waals surface area contributed by atoms with E-state index in [0.717, 1.165) is 0 Å². The van der Waals surface area contributed by atoms with Crippen molar-refractivity contribution in [3.05, 3.63) is 29.6 Å². The SMILES string of the molecule is CCNC(=O)C(C)NC(=O)c1ccnc(CN)c1. The van der Waals surface area contributed by atoms with E-state index >= 15 is 0 Å². The van der Waals surface area contributed by atoms with Gasteiger partial charge in [-0.15, -0.1) is 0 Å². The maximum absolute atomic E-state index is 11.9. The Morgan fingerprint density at radius 2 is 2.22 bits per heavy atom. The van der Waals surface area contributed by atoms with Gasteiger partial charge in [-0.1, -0.05) is 0 Å². The predicted molar refractivity (Wildman–Crippen MR) is 67.7 cm³/mol. The van der Waals surface area contributed by atoms with Crippen molar-refractivity contribution in [3.8, 4) is 0 Å². The number of hydrogen-bond donors (Lipinski definition) is 3. The molecule has 0 aliphatic rings. The molecule has 2 amide bonds. The lowest BCUT2D eigenvalue weighted by molar-refractivity contribution is -0.122. The smallest absolute Gasteiger partial charge is 0.252 e. The fraction of sp³-hybridized carbons (Fsp3) is 0.417. The normalized spacial score (nSPS) is 11.7. The first-order valence-electron chi connectivity index (χ1n) is 5.82. The molecule has 0 bridgehead atoms. The molecule has 0 aliphatic carbocycles. The number of nitrogens with one attached hydrogen (secondary N) is 2. The third-order valence-electron chi connectivity index (χ3n) is 2.38. The second-order valence-corrected chi connectivity index (χ2v) is 3.83. The van der Waals surface area contributed by atoms with Gasteiger partial charge in [0.25, 0.3) is 5.91 Å². The van der Waals surface area contributed by atoms with Crippen LogP contribution in [0.2, 0.25) is 0 Å². The van der Waals surface area contributed by atoms with Crippen LogP contribution in [0, 0.1) is 0 Å². The van der Waals surface area contributed by atoms with Gasteiger partial charge in [0.2, 0.25) is 5.91 Å². The van der Waals surface area contributed by atoms with E-state index in [4.69, 9.17) is 5.73 Å². The highest BCUT2D eigenvalue weighted by Gasteiger charge is 2.15. The summed E-state index contributed by atoms with van der Waals surface area (Å²) in [5, 5.41) is 5.25. The molecule has 0 radical (unpaired) electrons. The summed E-state index contributed by atoms with van der Waals surface area (Å²) in [6.45, 7) is 4.26. The summed E-state index contributed by atoms with van der Waals surface area (Å²) in [5.41, 5.74) is 6.53. The Hall–Kier alpha value is -1.95. The standard InChI is InChI=1S/C12H18N4O2/c1-3-14-11(17)8(2)16-12(18)9-4-5-15-10(6-9)7-13/h4-6,8H,3,7,13H2,1-2H3,(H,14,17)(H,16,18). The summed E-state index contributed by atoms with van der Waals surface area (Å²) in [6, 6.07) is 2.62. The lowest BCUT2D eigenvalue weighted by Gasteiger charge is -2.13. The fourth-order valence-corrected chi connectivity index (χ4v) is 1.40. The molecule has 0 aromatic carbocycles. The van der Waals surface area contributed by atoms with E-state index in [9.17, 15) is 9.59 Å². The van der Waals surface area contributed by atoms with Gasteiger partial charge in [0.1, 0.15) is 6.04 Å². The topological polar surface area (TPSA) is 97.1 Å². The number of nitrogens with zero attached hydrogens (tertiary/aromatic N) is 1. The van der Waals surface area contributed by atoms with E-state index in [0.29, 0.717) is 17.8 Å². The molecule has 0 spiro atoms. The maximum atomic E-state index is 11.9. The first-order chi connectivity index (χ1) is 8.58. The number of pyridine rings is 1. The molecule has 0 saturated carbocycles. The highest BCUT2D eigenvalue weighted by atomic mass is 16.2. The van der Waals surface area contributed by atoms with E-state index in [1.807, 2.05) is 6.92 Å². The Morgan fingerprint density at radius 1 is 1.50 bits per heavy atom. The molecule has 1 heterocycles. The lowest BCUT2D eigenvalue weighted by Crippen LogP contribution is -2.44. The van der Waals surface area contributed by atoms with E-state index in [-0.39, 0.29) is 18.4 Å². The first kappa shape index (κ1) is 14.1. The van der Waals surface area contributed by atoms with Crippen molar-refractivity contribution < 1.29 is 9.59 Å². The number of carbonyl (C=O) groups excluding carboxylic acids is 2. The molecule has 0 saturated heterocycles. The molecule has 1 aromatic rings. The van der Waals surface area contributed by atoms with Crippen LogP contribution in [0.15, 0.2) is 18.3 Å². The highest BCUT2D eigenvalue weighted by Crippen LogP contribution is 2.01. The molecule has 18 heavy (non-hydrogen) atoms. The number of amides is 2. The molecule has 1 rings (SSSR count). The summed E-state index contributed by atoms with van der Waals surface area (Å²) in [5.74, 6) is -0.523. The van der Waals surface area contributed by atoms with Gasteiger partial charge >= 0.3 is 0 Å². The Morgan fingerprint density at radius 3 is 2.83 bits per heavy atom. The minimum atomic E-state index is -0.577. The second kappa shape index (κ2) is 6.70. The monoisotopic (exact) mass is 250 g/mol. The minimum absolute atomic E-state index is 0.209. The van der Waals surface area contributed by atoms with Gasteiger partial charge < -0.3 is 16.4 Å². The van der Waals surface area contributed by atoms with Crippen molar-refractivity contribution in [3.63, 3.8) is 0 Å². The molecular formula is C12H18N4O2. The van der Waals surface area contributed by atoms with Gasteiger partial charge in [0, 0.05) is 24.8 Å². The second-order valence-electron chi connectivity index (χ2n) is 3.83. The van der Waals surface area contributed by atoms with Gasteiger partial charge in [-0.2, -0.15) is 0 Å². The molecule has 1 unspecified atom stereocenters. The van der Waals surface area contributed by atoms with Crippen molar-refractivity contribution in [2.24, 2.45) is 5.73 Å². The Labute approximate surface area is 106 Å². The number of likely N-dealkylation sites (N-methyl/N-ethyl adjacent to an activating group) is 1. The molecule has 1 atom stereocenters. The van der Waals surface area contributed by atoms with Crippen LogP contribution in [0.4, 0.5) is 0 Å². The van der Waals surface area contributed by atoms with Gasteiger partial charge in [-0.3, -0.25) is 14.6 Å². The zero-order valence-electron chi connectivity index (χ0n) is 10.6. The minimum Gasteiger partial charge on any atom is -0.355 e. The van der Waals surface area contributed by atoms with Crippen molar-refractivity contribution >= 4 is 11.8 Å². The van der Waals surface area contributed by atoms with Gasteiger partial charge in [-0.05, 0) is 26.0 Å². The van der Waals surface area contributed by atoms with Crippen molar-refractivity contribution in [2.45, 2.75) is 26.4 Å². The average molecular weight is 250 g/mol. The number of carbonyl (C=O) groups is 2. The van der Waals surface area contributed by atoms with Crippen LogP contribution < -0.4 is 16.4 Å². The molecular weight excluding hydrogens is 232 g/mol. The van der Waals surface area contributed by atoms with Crippen LogP contribution in [-0.4, -0.2) is 29.4 Å². The molecule has 1 aromatic heterocycles. The fourth-order valence-electron chi connectivity index (χ4n) is 1.40. The lowest BCUT2D eigenvalue weighted by atomic mass is 10.2. The third kappa shape index (κ3) is 3.81. The number of nitrogens with two attached hydrogens (primary N) is 1. The van der Waals surface area contributed by atoms with Crippen molar-refractivity contribution in [1.82, 2.24) is 15.6 Å². The Bertz CT molecular complexity index is 434. The number of aromatic nitrogens is 1. The summed E-state index contributed by atoms with van der Waals surface area (Å²) in [4.78, 5) is 27.3. The molecule has 0 aliphatic heterocycles. The summed E-state index contributed by atoms with van der Waals surface area (Å²) in [6.07, 6.45) is 1.52. The van der Waals surface area contributed by atoms with Crippen molar-refractivity contribution in [1.29, 1.82) is 0 Å². The molecule has 6 heteroatoms. The van der Waals surface area contributed by atoms with Gasteiger partial charge in [-0.25, -0.2) is 0 Å². The molecule has 4 N–H and O–H groups in total. The van der Waals surface area contributed by atoms with Crippen LogP contribution in [-0.2, 0) is 11.3 Å². The maximum Gasteiger partial charge on any atom is 0.252 e. The average Bonchev–Trinajstić information content (AvgIpc) is 2.39. The summed E-state index contributed by atoms with van der Waals surface area (Å²) >= 11 is 0. The first-order valence-corrected chi connectivity index (χ1v) is 5.82. The third-order valence-corrected chi connectivity index (χ3v) is 2.38. The zero-order valence-corrected chi connectivity index (χ0v) is 10.6. The van der Waals surface area contributed by atoms with E-state index < -0.39 is 6.04 Å². The molecule has 98 valence electrons. The van der Waals surface area contributed by atoms with Crippen LogP contribution in [0.25, 0.3) is 0 Å². The number of hydrogen-bond acceptors (Lipinski definition) is 4. The van der Waals surface area contributed by atoms with Gasteiger partial charge in [0.05, 0.1) is 5.69 Å². The van der Waals surface area contributed by atoms with E-state index in [2.05, 4.69) is 15.6 Å². The highest BCUT2D eigenvalue weighted by molar-refractivity contribution is 5.97. The summed E-state index contributed by atoms with van der Waals surface area (Å²) in [7, 11) is 0. The predicted octanol–water partition coefficient (Wildman–Crippen LogP) is -0.205. The zero-order chi connectivity index (χ0) is 13.5. The van der Waals surface area contributed by atoms with Crippen LogP contribution in [0.3, 0.4) is 0 Å². The van der Waals surface area contributed by atoms with Crippen molar-refractivity contribution in [2.75, 3.05) is 6.54 Å². The van der Waals surface area contributed by atoms with E-state index in [1.54, 1.807) is 19.1 Å².